The second kappa shape index (κ2) is 10.0. The van der Waals surface area contributed by atoms with Crippen molar-refractivity contribution < 1.29 is 18.1 Å². The molecule has 1 aliphatic heterocycles. The number of hydrogen-bond donors (Lipinski definition) is 0. The third-order valence-corrected chi connectivity index (χ3v) is 4.40. The second-order valence-corrected chi connectivity index (χ2v) is 6.45. The van der Waals surface area contributed by atoms with Gasteiger partial charge in [0.15, 0.2) is 11.6 Å². The number of unbranched alkanes of at least 4 members (excludes halogenated alkanes) is 6. The predicted molar refractivity (Wildman–Crippen MR) is 89.8 cm³/mol. The van der Waals surface area contributed by atoms with Gasteiger partial charge in [-0.15, -0.1) is 0 Å². The molecule has 1 saturated heterocycles. The summed E-state index contributed by atoms with van der Waals surface area (Å²) in [7, 11) is -0.574. The SMILES string of the molecule is CCCCCCCCCC1COB(c2ccc(F)c(F)c2)OC1. The highest BCUT2D eigenvalue weighted by atomic mass is 19.2. The van der Waals surface area contributed by atoms with E-state index in [4.69, 9.17) is 9.31 Å². The first kappa shape index (κ1) is 18.4. The highest BCUT2D eigenvalue weighted by molar-refractivity contribution is 6.61. The zero-order chi connectivity index (χ0) is 16.5. The molecule has 1 aliphatic rings. The van der Waals surface area contributed by atoms with Crippen LogP contribution in [0.1, 0.15) is 58.3 Å². The molecular formula is C18H27BF2O2. The average Bonchev–Trinajstić information content (AvgIpc) is 2.57. The lowest BCUT2D eigenvalue weighted by molar-refractivity contribution is 0.0810. The molecule has 0 saturated carbocycles. The van der Waals surface area contributed by atoms with Gasteiger partial charge in [-0.2, -0.15) is 0 Å². The van der Waals surface area contributed by atoms with E-state index in [1.807, 2.05) is 0 Å². The van der Waals surface area contributed by atoms with Gasteiger partial charge in [0.2, 0.25) is 0 Å². The van der Waals surface area contributed by atoms with Crippen molar-refractivity contribution in [3.05, 3.63) is 29.8 Å². The standard InChI is InChI=1S/C18H27BF2O2/c1-2-3-4-5-6-7-8-9-15-13-22-19(23-14-15)16-10-11-17(20)18(21)12-16/h10-12,15H,2-9,13-14H2,1H3. The summed E-state index contributed by atoms with van der Waals surface area (Å²) >= 11 is 0. The van der Waals surface area contributed by atoms with E-state index in [0.717, 1.165) is 18.6 Å². The molecule has 5 heteroatoms. The molecule has 1 heterocycles. The summed E-state index contributed by atoms with van der Waals surface area (Å²) in [5, 5.41) is 0. The Bertz CT molecular complexity index is 462. The third kappa shape index (κ3) is 6.23. The van der Waals surface area contributed by atoms with E-state index in [-0.39, 0.29) is 0 Å². The van der Waals surface area contributed by atoms with Gasteiger partial charge in [-0.1, -0.05) is 57.9 Å². The first-order valence-electron chi connectivity index (χ1n) is 8.89. The van der Waals surface area contributed by atoms with Gasteiger partial charge in [-0.05, 0) is 24.0 Å². The van der Waals surface area contributed by atoms with Crippen LogP contribution in [0.5, 0.6) is 0 Å². The summed E-state index contributed by atoms with van der Waals surface area (Å²) < 4.78 is 37.5. The van der Waals surface area contributed by atoms with Gasteiger partial charge in [0.1, 0.15) is 0 Å². The van der Waals surface area contributed by atoms with Crippen LogP contribution in [0.3, 0.4) is 0 Å². The van der Waals surface area contributed by atoms with Gasteiger partial charge in [0.25, 0.3) is 0 Å². The van der Waals surface area contributed by atoms with Gasteiger partial charge in [-0.25, -0.2) is 8.78 Å². The molecule has 0 amide bonds. The van der Waals surface area contributed by atoms with E-state index in [1.54, 1.807) is 0 Å². The van der Waals surface area contributed by atoms with E-state index < -0.39 is 18.8 Å². The molecule has 0 spiro atoms. The Balaban J connectivity index is 1.61. The molecule has 0 N–H and O–H groups in total. The normalized spacial score (nSPS) is 16.0. The molecule has 0 aromatic heterocycles. The summed E-state index contributed by atoms with van der Waals surface area (Å²) in [4.78, 5) is 0. The molecule has 0 aliphatic carbocycles. The molecule has 0 radical (unpaired) electrons. The largest absolute Gasteiger partial charge is 0.493 e. The zero-order valence-corrected chi connectivity index (χ0v) is 14.0. The maximum absolute atomic E-state index is 13.2. The molecule has 0 bridgehead atoms. The summed E-state index contributed by atoms with van der Waals surface area (Å²) in [6.45, 7) is 3.48. The van der Waals surface area contributed by atoms with Crippen molar-refractivity contribution >= 4 is 12.6 Å². The van der Waals surface area contributed by atoms with E-state index in [0.29, 0.717) is 24.6 Å². The van der Waals surface area contributed by atoms with Crippen molar-refractivity contribution in [2.24, 2.45) is 5.92 Å². The van der Waals surface area contributed by atoms with Gasteiger partial charge >= 0.3 is 7.12 Å². The molecule has 1 aromatic rings. The Labute approximate surface area is 138 Å². The molecule has 128 valence electrons. The number of rotatable bonds is 9. The fourth-order valence-electron chi connectivity index (χ4n) is 2.95. The monoisotopic (exact) mass is 324 g/mol. The van der Waals surface area contributed by atoms with Crippen LogP contribution in [0.4, 0.5) is 8.78 Å². The minimum Gasteiger partial charge on any atom is -0.407 e. The van der Waals surface area contributed by atoms with Crippen molar-refractivity contribution in [3.63, 3.8) is 0 Å². The fraction of sp³-hybridized carbons (Fsp3) is 0.667. The van der Waals surface area contributed by atoms with Crippen LogP contribution in [0, 0.1) is 17.6 Å². The van der Waals surface area contributed by atoms with Crippen molar-refractivity contribution in [2.75, 3.05) is 13.2 Å². The lowest BCUT2D eigenvalue weighted by Crippen LogP contribution is -2.44. The summed E-state index contributed by atoms with van der Waals surface area (Å²) in [6.07, 6.45) is 10.2. The molecule has 23 heavy (non-hydrogen) atoms. The van der Waals surface area contributed by atoms with Crippen LogP contribution < -0.4 is 5.46 Å². The lowest BCUT2D eigenvalue weighted by Gasteiger charge is -2.27. The van der Waals surface area contributed by atoms with Crippen LogP contribution >= 0.6 is 0 Å². The minimum absolute atomic E-state index is 0.409. The molecule has 0 unspecified atom stereocenters. The van der Waals surface area contributed by atoms with E-state index in [9.17, 15) is 8.78 Å². The highest BCUT2D eigenvalue weighted by Gasteiger charge is 2.29. The summed E-state index contributed by atoms with van der Waals surface area (Å²) in [6, 6.07) is 3.78. The van der Waals surface area contributed by atoms with Crippen LogP contribution in [0.15, 0.2) is 18.2 Å². The van der Waals surface area contributed by atoms with E-state index in [2.05, 4.69) is 6.92 Å². The molecule has 0 atom stereocenters. The number of benzene rings is 1. The van der Waals surface area contributed by atoms with Gasteiger partial charge < -0.3 is 9.31 Å². The van der Waals surface area contributed by atoms with Gasteiger partial charge in [0, 0.05) is 19.1 Å². The Morgan fingerprint density at radius 3 is 2.26 bits per heavy atom. The molecule has 1 fully saturated rings. The molecule has 1 aromatic carbocycles. The molecular weight excluding hydrogens is 297 g/mol. The maximum Gasteiger partial charge on any atom is 0.493 e. The first-order chi connectivity index (χ1) is 11.2. The Kier molecular flexibility index (Phi) is 8.03. The predicted octanol–water partition coefficient (Wildman–Crippen LogP) is 4.46. The Hall–Kier alpha value is -0.935. The smallest absolute Gasteiger partial charge is 0.407 e. The average molecular weight is 324 g/mol. The molecule has 2 rings (SSSR count). The molecule has 2 nitrogen and oxygen atoms in total. The van der Waals surface area contributed by atoms with Crippen LogP contribution in [0.2, 0.25) is 0 Å². The lowest BCUT2D eigenvalue weighted by atomic mass is 9.77. The first-order valence-corrected chi connectivity index (χ1v) is 8.89. The third-order valence-electron chi connectivity index (χ3n) is 4.40. The summed E-state index contributed by atoms with van der Waals surface area (Å²) in [5.74, 6) is -1.30. The minimum atomic E-state index is -0.861. The van der Waals surface area contributed by atoms with E-state index in [1.165, 1.54) is 51.0 Å². The fourth-order valence-corrected chi connectivity index (χ4v) is 2.95. The number of halogens is 2. The van der Waals surface area contributed by atoms with E-state index >= 15 is 0 Å². The Morgan fingerprint density at radius 2 is 1.61 bits per heavy atom. The van der Waals surface area contributed by atoms with Crippen molar-refractivity contribution in [2.45, 2.75) is 58.3 Å². The quantitative estimate of drug-likeness (QED) is 0.493. The van der Waals surface area contributed by atoms with Crippen molar-refractivity contribution in [1.82, 2.24) is 0 Å². The van der Waals surface area contributed by atoms with Crippen molar-refractivity contribution in [3.8, 4) is 0 Å². The zero-order valence-electron chi connectivity index (χ0n) is 14.0. The number of hydrogen-bond acceptors (Lipinski definition) is 2. The van der Waals surface area contributed by atoms with Crippen LogP contribution in [-0.2, 0) is 9.31 Å². The summed E-state index contributed by atoms with van der Waals surface area (Å²) in [5.41, 5.74) is 0.540. The maximum atomic E-state index is 13.2. The van der Waals surface area contributed by atoms with Gasteiger partial charge in [0.05, 0.1) is 0 Å². The Morgan fingerprint density at radius 1 is 0.957 bits per heavy atom. The topological polar surface area (TPSA) is 18.5 Å². The van der Waals surface area contributed by atoms with Crippen LogP contribution in [0.25, 0.3) is 0 Å². The van der Waals surface area contributed by atoms with Crippen molar-refractivity contribution in [1.29, 1.82) is 0 Å². The highest BCUT2D eigenvalue weighted by Crippen LogP contribution is 2.18. The van der Waals surface area contributed by atoms with Crippen LogP contribution in [-0.4, -0.2) is 20.3 Å². The second-order valence-electron chi connectivity index (χ2n) is 6.45. The van der Waals surface area contributed by atoms with Gasteiger partial charge in [-0.3, -0.25) is 0 Å².